The van der Waals surface area contributed by atoms with Crippen molar-refractivity contribution in [3.63, 3.8) is 0 Å². The summed E-state index contributed by atoms with van der Waals surface area (Å²) in [5.41, 5.74) is 4.51. The smallest absolute Gasteiger partial charge is 0.154 e. The van der Waals surface area contributed by atoms with Gasteiger partial charge in [-0.05, 0) is 56.0 Å². The second-order valence-corrected chi connectivity index (χ2v) is 4.89. The Balaban J connectivity index is 2.74. The van der Waals surface area contributed by atoms with Crippen LogP contribution in [-0.2, 0) is 0 Å². The van der Waals surface area contributed by atoms with Crippen LogP contribution < -0.4 is 0 Å². The fourth-order valence-electron chi connectivity index (χ4n) is 2.03. The Morgan fingerprint density at radius 1 is 1.00 bits per heavy atom. The van der Waals surface area contributed by atoms with Gasteiger partial charge >= 0.3 is 0 Å². The van der Waals surface area contributed by atoms with E-state index in [0.29, 0.717) is 16.4 Å². The molecule has 2 rings (SSSR count). The molecule has 94 valence electrons. The van der Waals surface area contributed by atoms with Crippen LogP contribution in [0.25, 0.3) is 11.3 Å². The maximum atomic E-state index is 14.1. The highest BCUT2D eigenvalue weighted by molar-refractivity contribution is 6.30. The van der Waals surface area contributed by atoms with Gasteiger partial charge in [0.2, 0.25) is 0 Å². The Labute approximate surface area is 111 Å². The molecule has 0 unspecified atom stereocenters. The summed E-state index contributed by atoms with van der Waals surface area (Å²) in [5, 5.41) is 8.27. The normalized spacial score (nSPS) is 10.8. The van der Waals surface area contributed by atoms with Gasteiger partial charge in [0.05, 0.1) is 5.69 Å². The van der Waals surface area contributed by atoms with Gasteiger partial charge in [-0.1, -0.05) is 17.7 Å². The molecule has 0 bridgehead atoms. The van der Waals surface area contributed by atoms with Crippen molar-refractivity contribution >= 4 is 11.6 Å². The van der Waals surface area contributed by atoms with Crippen LogP contribution in [0.3, 0.4) is 0 Å². The van der Waals surface area contributed by atoms with Crippen LogP contribution in [0, 0.1) is 33.5 Å². The van der Waals surface area contributed by atoms with Gasteiger partial charge in [0.1, 0.15) is 5.82 Å². The van der Waals surface area contributed by atoms with Crippen LogP contribution in [0.4, 0.5) is 4.39 Å². The zero-order valence-corrected chi connectivity index (χ0v) is 11.6. The molecule has 0 radical (unpaired) electrons. The van der Waals surface area contributed by atoms with Crippen molar-refractivity contribution in [3.05, 3.63) is 45.4 Å². The molecule has 0 aliphatic carbocycles. The minimum atomic E-state index is -0.272. The number of aryl methyl sites for hydroxylation is 2. The van der Waals surface area contributed by atoms with Crippen molar-refractivity contribution in [2.75, 3.05) is 0 Å². The van der Waals surface area contributed by atoms with Gasteiger partial charge in [-0.2, -0.15) is 0 Å². The maximum Gasteiger partial charge on any atom is 0.154 e. The van der Waals surface area contributed by atoms with E-state index in [9.17, 15) is 4.39 Å². The van der Waals surface area contributed by atoms with Crippen molar-refractivity contribution in [3.8, 4) is 11.3 Å². The molecule has 0 aliphatic rings. The van der Waals surface area contributed by atoms with Crippen LogP contribution in [0.5, 0.6) is 0 Å². The van der Waals surface area contributed by atoms with Gasteiger partial charge in [-0.3, -0.25) is 0 Å². The van der Waals surface area contributed by atoms with Gasteiger partial charge in [0.15, 0.2) is 5.15 Å². The van der Waals surface area contributed by atoms with E-state index in [0.717, 1.165) is 22.3 Å². The average Bonchev–Trinajstić information content (AvgIpc) is 2.28. The summed E-state index contributed by atoms with van der Waals surface area (Å²) < 4.78 is 14.1. The molecular weight excluding hydrogens is 251 g/mol. The Hall–Kier alpha value is -1.48. The lowest BCUT2D eigenvalue weighted by molar-refractivity contribution is 0.627. The van der Waals surface area contributed by atoms with Gasteiger partial charge in [0, 0.05) is 5.56 Å². The summed E-state index contributed by atoms with van der Waals surface area (Å²) in [6.45, 7) is 7.48. The van der Waals surface area contributed by atoms with Crippen LogP contribution in [0.1, 0.15) is 22.3 Å². The first-order chi connectivity index (χ1) is 8.41. The van der Waals surface area contributed by atoms with Crippen LogP contribution in [-0.4, -0.2) is 10.2 Å². The van der Waals surface area contributed by atoms with Crippen molar-refractivity contribution < 1.29 is 4.39 Å². The van der Waals surface area contributed by atoms with Crippen molar-refractivity contribution in [1.29, 1.82) is 0 Å². The lowest BCUT2D eigenvalue weighted by atomic mass is 9.98. The first-order valence-corrected chi connectivity index (χ1v) is 6.06. The predicted molar refractivity (Wildman–Crippen MR) is 71.4 cm³/mol. The zero-order chi connectivity index (χ0) is 13.4. The quantitative estimate of drug-likeness (QED) is 0.773. The Bertz CT molecular complexity index is 600. The molecule has 2 aromatic rings. The summed E-state index contributed by atoms with van der Waals surface area (Å²) in [5.74, 6) is -0.272. The molecule has 0 aliphatic heterocycles. The third kappa shape index (κ3) is 2.10. The van der Waals surface area contributed by atoms with Crippen molar-refractivity contribution in [1.82, 2.24) is 10.2 Å². The fraction of sp³-hybridized carbons (Fsp3) is 0.286. The first kappa shape index (κ1) is 13.0. The monoisotopic (exact) mass is 264 g/mol. The number of aromatic nitrogens is 2. The number of hydrogen-bond acceptors (Lipinski definition) is 2. The SMILES string of the molecule is Cc1cc(C)c(-c2nnc(Cl)c(C)c2C)c(F)c1. The second-order valence-electron chi connectivity index (χ2n) is 4.53. The molecule has 0 fully saturated rings. The Morgan fingerprint density at radius 2 is 1.67 bits per heavy atom. The molecular formula is C14H14ClFN2. The van der Waals surface area contributed by atoms with E-state index >= 15 is 0 Å². The number of hydrogen-bond donors (Lipinski definition) is 0. The van der Waals surface area contributed by atoms with E-state index in [1.807, 2.05) is 33.8 Å². The first-order valence-electron chi connectivity index (χ1n) is 5.68. The lowest BCUT2D eigenvalue weighted by Gasteiger charge is -2.12. The fourth-order valence-corrected chi connectivity index (χ4v) is 2.21. The van der Waals surface area contributed by atoms with E-state index in [1.54, 1.807) is 0 Å². The number of benzene rings is 1. The molecule has 0 saturated carbocycles. The largest absolute Gasteiger partial charge is 0.206 e. The number of rotatable bonds is 1. The number of nitrogens with zero attached hydrogens (tertiary/aromatic N) is 2. The topological polar surface area (TPSA) is 25.8 Å². The third-order valence-corrected chi connectivity index (χ3v) is 3.49. The molecule has 0 N–H and O–H groups in total. The minimum absolute atomic E-state index is 0.272. The van der Waals surface area contributed by atoms with Crippen molar-refractivity contribution in [2.24, 2.45) is 0 Å². The van der Waals surface area contributed by atoms with Gasteiger partial charge in [-0.25, -0.2) is 4.39 Å². The summed E-state index contributed by atoms with van der Waals surface area (Å²) in [6, 6.07) is 3.44. The molecule has 18 heavy (non-hydrogen) atoms. The molecule has 0 spiro atoms. The molecule has 0 saturated heterocycles. The number of halogens is 2. The van der Waals surface area contributed by atoms with Gasteiger partial charge in [-0.15, -0.1) is 10.2 Å². The Kier molecular flexibility index (Phi) is 3.35. The molecule has 4 heteroatoms. The van der Waals surface area contributed by atoms with Gasteiger partial charge < -0.3 is 0 Å². The second kappa shape index (κ2) is 4.65. The molecule has 1 heterocycles. The Morgan fingerprint density at radius 3 is 2.28 bits per heavy atom. The summed E-state index contributed by atoms with van der Waals surface area (Å²) in [4.78, 5) is 0. The maximum absolute atomic E-state index is 14.1. The van der Waals surface area contributed by atoms with Crippen LogP contribution in [0.15, 0.2) is 12.1 Å². The molecule has 1 aromatic heterocycles. The lowest BCUT2D eigenvalue weighted by Crippen LogP contribution is -2.00. The average molecular weight is 265 g/mol. The summed E-state index contributed by atoms with van der Waals surface area (Å²) >= 11 is 5.91. The molecule has 0 atom stereocenters. The molecule has 2 nitrogen and oxygen atoms in total. The van der Waals surface area contributed by atoms with E-state index in [-0.39, 0.29) is 5.82 Å². The van der Waals surface area contributed by atoms with E-state index < -0.39 is 0 Å². The van der Waals surface area contributed by atoms with E-state index in [2.05, 4.69) is 10.2 Å². The molecule has 0 amide bonds. The summed E-state index contributed by atoms with van der Waals surface area (Å²) in [7, 11) is 0. The predicted octanol–water partition coefficient (Wildman–Crippen LogP) is 4.17. The van der Waals surface area contributed by atoms with E-state index in [1.165, 1.54) is 6.07 Å². The van der Waals surface area contributed by atoms with E-state index in [4.69, 9.17) is 11.6 Å². The third-order valence-electron chi connectivity index (χ3n) is 3.13. The molecule has 1 aromatic carbocycles. The highest BCUT2D eigenvalue weighted by Gasteiger charge is 2.16. The van der Waals surface area contributed by atoms with Crippen molar-refractivity contribution in [2.45, 2.75) is 27.7 Å². The van der Waals surface area contributed by atoms with Gasteiger partial charge in [0.25, 0.3) is 0 Å². The highest BCUT2D eigenvalue weighted by Crippen LogP contribution is 2.30. The van der Waals surface area contributed by atoms with Crippen LogP contribution in [0.2, 0.25) is 5.15 Å². The highest BCUT2D eigenvalue weighted by atomic mass is 35.5. The minimum Gasteiger partial charge on any atom is -0.206 e. The van der Waals surface area contributed by atoms with Crippen LogP contribution >= 0.6 is 11.6 Å². The standard InChI is InChI=1S/C14H14ClFN2/c1-7-5-8(2)12(11(16)6-7)13-9(3)10(4)14(15)18-17-13/h5-6H,1-4H3. The zero-order valence-electron chi connectivity index (χ0n) is 10.8. The summed E-state index contributed by atoms with van der Waals surface area (Å²) in [6.07, 6.45) is 0.